The molecule has 2 aromatic carbocycles. The van der Waals surface area contributed by atoms with Crippen molar-refractivity contribution in [2.75, 3.05) is 19.5 Å². The predicted octanol–water partition coefficient (Wildman–Crippen LogP) is 6.85. The van der Waals surface area contributed by atoms with Crippen molar-refractivity contribution >= 4 is 17.3 Å². The van der Waals surface area contributed by atoms with E-state index in [0.29, 0.717) is 24.3 Å². The van der Waals surface area contributed by atoms with Crippen LogP contribution in [0.25, 0.3) is 0 Å². The van der Waals surface area contributed by atoms with Gasteiger partial charge in [-0.1, -0.05) is 59.1 Å². The van der Waals surface area contributed by atoms with E-state index in [1.165, 1.54) is 26.4 Å². The highest BCUT2D eigenvalue weighted by molar-refractivity contribution is 5.92. The summed E-state index contributed by atoms with van der Waals surface area (Å²) in [5.74, 6) is 0.259. The molecule has 1 amide bonds. The van der Waals surface area contributed by atoms with E-state index in [2.05, 4.69) is 50.2 Å². The molecule has 1 N–H and O–H groups in total. The monoisotopic (exact) mass is 536 g/mol. The normalized spacial score (nSPS) is 12.2. The average molecular weight is 537 g/mol. The van der Waals surface area contributed by atoms with E-state index in [-0.39, 0.29) is 35.1 Å². The first-order valence-electron chi connectivity index (χ1n) is 13.4. The Labute approximate surface area is 230 Å². The van der Waals surface area contributed by atoms with Crippen LogP contribution in [0.1, 0.15) is 82.4 Å². The first kappa shape index (κ1) is 29.7. The van der Waals surface area contributed by atoms with Gasteiger partial charge < -0.3 is 14.8 Å². The largest absolute Gasteiger partial charge is 0.493 e. The summed E-state index contributed by atoms with van der Waals surface area (Å²) in [5, 5.41) is 19.1. The zero-order valence-corrected chi connectivity index (χ0v) is 23.8. The van der Waals surface area contributed by atoms with Gasteiger partial charge in [-0.05, 0) is 41.0 Å². The van der Waals surface area contributed by atoms with E-state index in [4.69, 9.17) is 9.47 Å². The number of unbranched alkanes of at least 4 members (excludes halogenated alkanes) is 2. The molecular formula is C30H40N4O5. The number of methoxy groups -OCH3 is 2. The van der Waals surface area contributed by atoms with Gasteiger partial charge >= 0.3 is 0 Å². The molecule has 0 radical (unpaired) electrons. The van der Waals surface area contributed by atoms with Crippen LogP contribution in [0.3, 0.4) is 0 Å². The maximum atomic E-state index is 13.6. The number of ether oxygens (including phenoxy) is 2. The lowest BCUT2D eigenvalue weighted by atomic mass is 9.84. The number of carbonyl (C=O) groups is 1. The van der Waals surface area contributed by atoms with Crippen molar-refractivity contribution in [2.24, 2.45) is 0 Å². The first-order valence-corrected chi connectivity index (χ1v) is 13.4. The third kappa shape index (κ3) is 7.81. The molecule has 9 heteroatoms. The van der Waals surface area contributed by atoms with Gasteiger partial charge in [0.25, 0.3) is 5.69 Å². The Morgan fingerprint density at radius 3 is 2.51 bits per heavy atom. The minimum absolute atomic E-state index is 0.0927. The molecule has 1 aromatic heterocycles. The summed E-state index contributed by atoms with van der Waals surface area (Å²) in [6.07, 6.45) is 7.38. The summed E-state index contributed by atoms with van der Waals surface area (Å²) >= 11 is 0. The van der Waals surface area contributed by atoms with Crippen LogP contribution in [0.5, 0.6) is 11.5 Å². The highest BCUT2D eigenvalue weighted by atomic mass is 16.6. The van der Waals surface area contributed by atoms with Crippen LogP contribution in [0.4, 0.5) is 11.4 Å². The fourth-order valence-corrected chi connectivity index (χ4v) is 4.85. The second-order valence-electron chi connectivity index (χ2n) is 10.8. The maximum absolute atomic E-state index is 13.6. The molecule has 1 heterocycles. The Hall–Kier alpha value is -3.88. The van der Waals surface area contributed by atoms with Gasteiger partial charge in [-0.3, -0.25) is 19.6 Å². The summed E-state index contributed by atoms with van der Waals surface area (Å²) in [5.41, 5.74) is 3.13. The lowest BCUT2D eigenvalue weighted by Gasteiger charge is -2.25. The van der Waals surface area contributed by atoms with Crippen molar-refractivity contribution in [1.82, 2.24) is 9.78 Å². The average Bonchev–Trinajstić information content (AvgIpc) is 3.39. The Morgan fingerprint density at radius 2 is 1.92 bits per heavy atom. The number of hydrogen-bond donors (Lipinski definition) is 1. The van der Waals surface area contributed by atoms with E-state index >= 15 is 0 Å². The molecule has 0 saturated carbocycles. The maximum Gasteiger partial charge on any atom is 0.273 e. The molecule has 0 aliphatic heterocycles. The lowest BCUT2D eigenvalue weighted by molar-refractivity contribution is -0.385. The van der Waals surface area contributed by atoms with Crippen LogP contribution in [0, 0.1) is 10.1 Å². The number of nitro benzene ring substituents is 1. The Bertz CT molecular complexity index is 1270. The quantitative estimate of drug-likeness (QED) is 0.145. The number of non-ortho nitro benzene ring substituents is 1. The molecule has 9 nitrogen and oxygen atoms in total. The van der Waals surface area contributed by atoms with E-state index < -0.39 is 4.92 Å². The number of anilines is 1. The van der Waals surface area contributed by atoms with Crippen molar-refractivity contribution in [2.45, 2.75) is 77.7 Å². The molecule has 1 atom stereocenters. The molecule has 210 valence electrons. The van der Waals surface area contributed by atoms with E-state index in [1.54, 1.807) is 6.20 Å². The standard InChI is InChI=1S/C30H40N4O5/c1-7-8-9-11-22(24-18-23(34(36)37)19-27(38-5)29(24)39-6)17-28(35)32-26-16-21(20-33-15-10-14-31-33)12-13-25(26)30(2,3)4/h10,12-16,18-19,22H,7-9,11,17,20H2,1-6H3,(H,32,35). The number of aromatic nitrogens is 2. The smallest absolute Gasteiger partial charge is 0.273 e. The molecule has 3 rings (SSSR count). The molecule has 1 unspecified atom stereocenters. The van der Waals surface area contributed by atoms with Gasteiger partial charge in [-0.2, -0.15) is 5.10 Å². The van der Waals surface area contributed by atoms with Crippen LogP contribution in [-0.4, -0.2) is 34.8 Å². The van der Waals surface area contributed by atoms with Crippen molar-refractivity contribution in [3.05, 3.63) is 75.6 Å². The lowest BCUT2D eigenvalue weighted by Crippen LogP contribution is -2.21. The summed E-state index contributed by atoms with van der Waals surface area (Å²) in [7, 11) is 2.96. The van der Waals surface area contributed by atoms with Gasteiger partial charge in [0.15, 0.2) is 11.5 Å². The van der Waals surface area contributed by atoms with Crippen LogP contribution in [0.15, 0.2) is 48.8 Å². The number of benzene rings is 2. The number of nitrogens with zero attached hydrogens (tertiary/aromatic N) is 3. The van der Waals surface area contributed by atoms with Crippen LogP contribution in [0.2, 0.25) is 0 Å². The van der Waals surface area contributed by atoms with Crippen molar-refractivity contribution in [1.29, 1.82) is 0 Å². The Kier molecular flexibility index (Phi) is 10.1. The summed E-state index contributed by atoms with van der Waals surface area (Å²) in [6, 6.07) is 10.9. The number of rotatable bonds is 13. The number of amides is 1. The summed E-state index contributed by atoms with van der Waals surface area (Å²) in [4.78, 5) is 24.8. The molecule has 0 aliphatic carbocycles. The van der Waals surface area contributed by atoms with E-state index in [9.17, 15) is 14.9 Å². The number of carbonyl (C=O) groups excluding carboxylic acids is 1. The third-order valence-corrected chi connectivity index (χ3v) is 6.80. The zero-order chi connectivity index (χ0) is 28.6. The van der Waals surface area contributed by atoms with Gasteiger partial charge in [0.05, 0.1) is 31.8 Å². The minimum Gasteiger partial charge on any atom is -0.493 e. The zero-order valence-electron chi connectivity index (χ0n) is 23.8. The van der Waals surface area contributed by atoms with Crippen LogP contribution in [-0.2, 0) is 16.8 Å². The van der Waals surface area contributed by atoms with Gasteiger partial charge in [-0.15, -0.1) is 0 Å². The number of nitro groups is 1. The van der Waals surface area contributed by atoms with Crippen molar-refractivity contribution < 1.29 is 19.2 Å². The van der Waals surface area contributed by atoms with E-state index in [0.717, 1.165) is 36.1 Å². The van der Waals surface area contributed by atoms with Crippen molar-refractivity contribution in [3.8, 4) is 11.5 Å². The summed E-state index contributed by atoms with van der Waals surface area (Å²) in [6.45, 7) is 9.03. The molecule has 0 spiro atoms. The van der Waals surface area contributed by atoms with Crippen LogP contribution >= 0.6 is 0 Å². The Balaban J connectivity index is 1.95. The predicted molar refractivity (Wildman–Crippen MR) is 153 cm³/mol. The fourth-order valence-electron chi connectivity index (χ4n) is 4.85. The van der Waals surface area contributed by atoms with Crippen molar-refractivity contribution in [3.63, 3.8) is 0 Å². The minimum atomic E-state index is -0.449. The van der Waals surface area contributed by atoms with E-state index in [1.807, 2.05) is 23.0 Å². The third-order valence-electron chi connectivity index (χ3n) is 6.80. The van der Waals surface area contributed by atoms with Gasteiger partial charge in [0, 0.05) is 36.1 Å². The number of nitrogens with one attached hydrogen (secondary N) is 1. The molecular weight excluding hydrogens is 496 g/mol. The van der Waals surface area contributed by atoms with Gasteiger partial charge in [0.1, 0.15) is 0 Å². The Morgan fingerprint density at radius 1 is 1.15 bits per heavy atom. The molecule has 0 aliphatic rings. The summed E-state index contributed by atoms with van der Waals surface area (Å²) < 4.78 is 12.9. The topological polar surface area (TPSA) is 109 Å². The fraction of sp³-hybridized carbons (Fsp3) is 0.467. The first-order chi connectivity index (χ1) is 18.6. The highest BCUT2D eigenvalue weighted by Gasteiger charge is 2.27. The van der Waals surface area contributed by atoms with Gasteiger partial charge in [-0.25, -0.2) is 0 Å². The highest BCUT2D eigenvalue weighted by Crippen LogP contribution is 2.42. The van der Waals surface area contributed by atoms with Crippen LogP contribution < -0.4 is 14.8 Å². The second-order valence-corrected chi connectivity index (χ2v) is 10.8. The second kappa shape index (κ2) is 13.3. The number of hydrogen-bond acceptors (Lipinski definition) is 6. The SMILES string of the molecule is CCCCCC(CC(=O)Nc1cc(Cn2cccn2)ccc1C(C)(C)C)c1cc([N+](=O)[O-])cc(OC)c1OC. The molecule has 0 fully saturated rings. The molecule has 3 aromatic rings. The molecule has 0 bridgehead atoms. The van der Waals surface area contributed by atoms with Gasteiger partial charge in [0.2, 0.25) is 5.91 Å². The molecule has 39 heavy (non-hydrogen) atoms. The molecule has 0 saturated heterocycles.